The average molecular weight is 267 g/mol. The third-order valence-electron chi connectivity index (χ3n) is 2.39. The van der Waals surface area contributed by atoms with Crippen molar-refractivity contribution in [1.82, 2.24) is 5.32 Å². The molecule has 98 valence electrons. The highest BCUT2D eigenvalue weighted by atomic mass is 32.2. The molecule has 1 amide bonds. The highest BCUT2D eigenvalue weighted by Crippen LogP contribution is 2.33. The van der Waals surface area contributed by atoms with E-state index in [0.717, 1.165) is 22.8 Å². The molecule has 4 nitrogen and oxygen atoms in total. The molecular weight excluding hydrogens is 250 g/mol. The third kappa shape index (κ3) is 3.57. The van der Waals surface area contributed by atoms with Gasteiger partial charge in [0.1, 0.15) is 0 Å². The highest BCUT2D eigenvalue weighted by molar-refractivity contribution is 7.99. The van der Waals surface area contributed by atoms with Gasteiger partial charge in [-0.2, -0.15) is 0 Å². The Labute approximate surface area is 111 Å². The average Bonchev–Trinajstić information content (AvgIpc) is 2.75. The summed E-state index contributed by atoms with van der Waals surface area (Å²) in [5, 5.41) is 2.87. The van der Waals surface area contributed by atoms with Gasteiger partial charge in [-0.25, -0.2) is 0 Å². The van der Waals surface area contributed by atoms with Crippen molar-refractivity contribution >= 4 is 17.7 Å². The molecule has 0 aliphatic carbocycles. The lowest BCUT2D eigenvalue weighted by molar-refractivity contribution is -0.119. The molecule has 2 rings (SSSR count). The van der Waals surface area contributed by atoms with Gasteiger partial charge >= 0.3 is 0 Å². The van der Waals surface area contributed by atoms with Crippen molar-refractivity contribution in [3.05, 3.63) is 23.8 Å². The van der Waals surface area contributed by atoms with Gasteiger partial charge in [0.05, 0.1) is 5.75 Å². The summed E-state index contributed by atoms with van der Waals surface area (Å²) in [4.78, 5) is 11.5. The van der Waals surface area contributed by atoms with Crippen LogP contribution in [0.1, 0.15) is 19.4 Å². The van der Waals surface area contributed by atoms with Crippen molar-refractivity contribution in [2.45, 2.75) is 25.6 Å². The smallest absolute Gasteiger partial charge is 0.231 e. The number of rotatable bonds is 5. The van der Waals surface area contributed by atoms with Crippen molar-refractivity contribution in [3.63, 3.8) is 0 Å². The first-order valence-electron chi connectivity index (χ1n) is 5.91. The van der Waals surface area contributed by atoms with Crippen LogP contribution in [0, 0.1) is 0 Å². The Bertz CT molecular complexity index is 434. The van der Waals surface area contributed by atoms with Crippen LogP contribution in [0.2, 0.25) is 0 Å². The Morgan fingerprint density at radius 1 is 1.39 bits per heavy atom. The van der Waals surface area contributed by atoms with Gasteiger partial charge in [0.2, 0.25) is 12.7 Å². The van der Waals surface area contributed by atoms with E-state index in [9.17, 15) is 4.79 Å². The summed E-state index contributed by atoms with van der Waals surface area (Å²) in [7, 11) is 0. The Kier molecular flexibility index (Phi) is 4.36. The summed E-state index contributed by atoms with van der Waals surface area (Å²) in [6, 6.07) is 6.08. The van der Waals surface area contributed by atoms with E-state index in [4.69, 9.17) is 9.47 Å². The van der Waals surface area contributed by atoms with Crippen LogP contribution in [0.4, 0.5) is 0 Å². The maximum absolute atomic E-state index is 11.5. The molecule has 5 heteroatoms. The normalized spacial score (nSPS) is 12.8. The summed E-state index contributed by atoms with van der Waals surface area (Å²) in [6.07, 6.45) is 0. The Morgan fingerprint density at radius 2 is 2.17 bits per heavy atom. The molecule has 1 aliphatic rings. The second-order valence-corrected chi connectivity index (χ2v) is 5.39. The lowest BCUT2D eigenvalue weighted by Gasteiger charge is -2.08. The molecule has 0 bridgehead atoms. The second-order valence-electron chi connectivity index (χ2n) is 4.40. The van der Waals surface area contributed by atoms with Gasteiger partial charge in [0.25, 0.3) is 0 Å². The molecule has 0 radical (unpaired) electrons. The SMILES string of the molecule is CC(C)NC(=O)CSCc1ccc2c(c1)OCO2. The predicted octanol–water partition coefficient (Wildman–Crippen LogP) is 2.17. The van der Waals surface area contributed by atoms with E-state index in [1.165, 1.54) is 0 Å². The molecule has 0 saturated carbocycles. The monoisotopic (exact) mass is 267 g/mol. The van der Waals surface area contributed by atoms with Crippen LogP contribution in [-0.2, 0) is 10.5 Å². The fourth-order valence-electron chi connectivity index (χ4n) is 1.66. The van der Waals surface area contributed by atoms with Crippen LogP contribution in [0.15, 0.2) is 18.2 Å². The maximum Gasteiger partial charge on any atom is 0.231 e. The summed E-state index contributed by atoms with van der Waals surface area (Å²) in [5.74, 6) is 2.94. The van der Waals surface area contributed by atoms with Gasteiger partial charge < -0.3 is 14.8 Å². The van der Waals surface area contributed by atoms with Crippen molar-refractivity contribution in [2.24, 2.45) is 0 Å². The molecule has 1 heterocycles. The molecule has 0 fully saturated rings. The van der Waals surface area contributed by atoms with Crippen LogP contribution in [0.25, 0.3) is 0 Å². The molecule has 18 heavy (non-hydrogen) atoms. The van der Waals surface area contributed by atoms with Gasteiger partial charge in [-0.1, -0.05) is 6.07 Å². The number of amides is 1. The van der Waals surface area contributed by atoms with Gasteiger partial charge in [-0.3, -0.25) is 4.79 Å². The quantitative estimate of drug-likeness (QED) is 0.888. The number of nitrogens with one attached hydrogen (secondary N) is 1. The first kappa shape index (κ1) is 13.1. The molecule has 1 aromatic rings. The fraction of sp³-hybridized carbons (Fsp3) is 0.462. The summed E-state index contributed by atoms with van der Waals surface area (Å²) in [6.45, 7) is 4.21. The second kappa shape index (κ2) is 6.00. The Balaban J connectivity index is 1.78. The summed E-state index contributed by atoms with van der Waals surface area (Å²) in [5.41, 5.74) is 1.14. The molecule has 0 aromatic heterocycles. The minimum absolute atomic E-state index is 0.0794. The number of carbonyl (C=O) groups excluding carboxylic acids is 1. The Morgan fingerprint density at radius 3 is 2.94 bits per heavy atom. The zero-order valence-corrected chi connectivity index (χ0v) is 11.4. The van der Waals surface area contributed by atoms with E-state index in [-0.39, 0.29) is 11.9 Å². The van der Waals surface area contributed by atoms with E-state index in [0.29, 0.717) is 12.5 Å². The largest absolute Gasteiger partial charge is 0.454 e. The number of ether oxygens (including phenoxy) is 2. The minimum atomic E-state index is 0.0794. The van der Waals surface area contributed by atoms with E-state index in [1.54, 1.807) is 11.8 Å². The molecule has 1 aromatic carbocycles. The van der Waals surface area contributed by atoms with E-state index in [2.05, 4.69) is 5.32 Å². The molecule has 0 atom stereocenters. The third-order valence-corrected chi connectivity index (χ3v) is 3.39. The van der Waals surface area contributed by atoms with Gasteiger partial charge in [-0.15, -0.1) is 11.8 Å². The lowest BCUT2D eigenvalue weighted by atomic mass is 10.2. The fourth-order valence-corrected chi connectivity index (χ4v) is 2.44. The number of thioether (sulfide) groups is 1. The first-order chi connectivity index (χ1) is 8.65. The molecular formula is C13H17NO3S. The van der Waals surface area contributed by atoms with E-state index < -0.39 is 0 Å². The number of fused-ring (bicyclic) bond motifs is 1. The number of hydrogen-bond donors (Lipinski definition) is 1. The lowest BCUT2D eigenvalue weighted by Crippen LogP contribution is -2.31. The number of hydrogen-bond acceptors (Lipinski definition) is 4. The number of benzene rings is 1. The predicted molar refractivity (Wildman–Crippen MR) is 72.0 cm³/mol. The molecule has 0 saturated heterocycles. The van der Waals surface area contributed by atoms with Crippen LogP contribution < -0.4 is 14.8 Å². The molecule has 0 unspecified atom stereocenters. The topological polar surface area (TPSA) is 47.6 Å². The van der Waals surface area contributed by atoms with Crippen LogP contribution in [0.3, 0.4) is 0 Å². The molecule has 0 spiro atoms. The first-order valence-corrected chi connectivity index (χ1v) is 7.06. The molecule has 1 aliphatic heterocycles. The molecule has 1 N–H and O–H groups in total. The van der Waals surface area contributed by atoms with Crippen molar-refractivity contribution in [3.8, 4) is 11.5 Å². The van der Waals surface area contributed by atoms with Gasteiger partial charge in [0, 0.05) is 11.8 Å². The highest BCUT2D eigenvalue weighted by Gasteiger charge is 2.13. The van der Waals surface area contributed by atoms with Crippen molar-refractivity contribution in [1.29, 1.82) is 0 Å². The van der Waals surface area contributed by atoms with E-state index in [1.807, 2.05) is 32.0 Å². The maximum atomic E-state index is 11.5. The van der Waals surface area contributed by atoms with Gasteiger partial charge in [-0.05, 0) is 31.5 Å². The zero-order chi connectivity index (χ0) is 13.0. The Hall–Kier alpha value is -1.36. The zero-order valence-electron chi connectivity index (χ0n) is 10.6. The van der Waals surface area contributed by atoms with E-state index >= 15 is 0 Å². The summed E-state index contributed by atoms with van der Waals surface area (Å²) < 4.78 is 10.6. The van der Waals surface area contributed by atoms with Gasteiger partial charge in [0.15, 0.2) is 11.5 Å². The standard InChI is InChI=1S/C13H17NO3S/c1-9(2)14-13(15)7-18-6-10-3-4-11-12(5-10)17-8-16-11/h3-5,9H,6-8H2,1-2H3,(H,14,15). The van der Waals surface area contributed by atoms with Crippen molar-refractivity contribution in [2.75, 3.05) is 12.5 Å². The van der Waals surface area contributed by atoms with Crippen LogP contribution >= 0.6 is 11.8 Å². The minimum Gasteiger partial charge on any atom is -0.454 e. The van der Waals surface area contributed by atoms with Crippen LogP contribution in [-0.4, -0.2) is 24.5 Å². The number of carbonyl (C=O) groups is 1. The van der Waals surface area contributed by atoms with Crippen LogP contribution in [0.5, 0.6) is 11.5 Å². The summed E-state index contributed by atoms with van der Waals surface area (Å²) >= 11 is 1.59. The van der Waals surface area contributed by atoms with Crippen molar-refractivity contribution < 1.29 is 14.3 Å².